The third-order valence-corrected chi connectivity index (χ3v) is 4.70. The van der Waals surface area contributed by atoms with Crippen LogP contribution in [0.3, 0.4) is 0 Å². The molecule has 3 aliphatic rings. The van der Waals surface area contributed by atoms with Crippen LogP contribution in [0.1, 0.15) is 29.6 Å². The fourth-order valence-electron chi connectivity index (χ4n) is 3.67. The second kappa shape index (κ2) is 7.02. The lowest BCUT2D eigenvalue weighted by Gasteiger charge is -2.28. The molecule has 12 heteroatoms. The van der Waals surface area contributed by atoms with Crippen molar-refractivity contribution >= 4 is 31.2 Å². The number of aliphatic imine (C=N–C) groups is 1. The number of amides is 1. The van der Waals surface area contributed by atoms with Crippen molar-refractivity contribution in [3.8, 4) is 0 Å². The van der Waals surface area contributed by atoms with Crippen LogP contribution in [0, 0.1) is 0 Å². The highest BCUT2D eigenvalue weighted by Gasteiger charge is 2.45. The number of hydrogen-bond donors (Lipinski definition) is 5. The first-order valence-electron chi connectivity index (χ1n) is 8.68. The molecule has 1 fully saturated rings. The Morgan fingerprint density at radius 2 is 1.93 bits per heavy atom. The number of fused-ring (bicyclic) bond motifs is 5. The van der Waals surface area contributed by atoms with Crippen molar-refractivity contribution in [2.75, 3.05) is 10.3 Å². The minimum absolute atomic E-state index is 0.143. The molecular formula is C16H19N6O5P. The average Bonchev–Trinajstić information content (AvgIpc) is 3.28. The van der Waals surface area contributed by atoms with E-state index in [9.17, 15) is 4.79 Å². The molecule has 5 N–H and O–H groups in total. The summed E-state index contributed by atoms with van der Waals surface area (Å²) in [5, 5.41) is 7.49. The smallest absolute Gasteiger partial charge is 0.303 e. The molecule has 1 saturated carbocycles. The molecule has 11 nitrogen and oxygen atoms in total. The number of rotatable bonds is 2. The van der Waals surface area contributed by atoms with Gasteiger partial charge in [0.2, 0.25) is 5.96 Å². The van der Waals surface area contributed by atoms with Gasteiger partial charge in [-0.2, -0.15) is 4.79 Å². The first-order valence-corrected chi connectivity index (χ1v) is 10.2. The molecular weight excluding hydrogens is 389 g/mol. The van der Waals surface area contributed by atoms with Crippen LogP contribution >= 0.6 is 7.82 Å². The second-order valence-electron chi connectivity index (χ2n) is 6.64. The second-order valence-corrected chi connectivity index (χ2v) is 7.67. The van der Waals surface area contributed by atoms with Gasteiger partial charge in [-0.15, -0.1) is 5.10 Å². The number of hydrogen-bond acceptors (Lipinski definition) is 6. The van der Waals surface area contributed by atoms with Gasteiger partial charge in [-0.05, 0) is 31.4 Å². The molecule has 2 unspecified atom stereocenters. The normalized spacial score (nSPS) is 22.3. The Bertz CT molecular complexity index is 963. The molecule has 148 valence electrons. The first kappa shape index (κ1) is 18.6. The van der Waals surface area contributed by atoms with Crippen molar-refractivity contribution in [2.24, 2.45) is 4.99 Å². The van der Waals surface area contributed by atoms with Crippen molar-refractivity contribution in [2.45, 2.75) is 31.3 Å². The monoisotopic (exact) mass is 408 g/mol. The van der Waals surface area contributed by atoms with Gasteiger partial charge in [0.25, 0.3) is 5.91 Å². The summed E-state index contributed by atoms with van der Waals surface area (Å²) >= 11 is 0. The SMILES string of the molecule is O=C1NC2=NC3CCCC3N2c2nn(N[14c]3ccccc3)cc21.O=P(O)(O)O. The van der Waals surface area contributed by atoms with Crippen molar-refractivity contribution in [3.05, 3.63) is 42.1 Å². The summed E-state index contributed by atoms with van der Waals surface area (Å²) in [5.41, 5.74) is 4.68. The molecule has 1 aromatic carbocycles. The zero-order chi connectivity index (χ0) is 19.9. The van der Waals surface area contributed by atoms with Crippen molar-refractivity contribution in [3.63, 3.8) is 0 Å². The number of carbonyl (C=O) groups excluding carboxylic acids is 1. The van der Waals surface area contributed by atoms with Gasteiger partial charge < -0.3 is 14.7 Å². The number of para-hydroxylation sites is 1. The number of guanidine groups is 1. The zero-order valence-corrected chi connectivity index (χ0v) is 15.5. The largest absolute Gasteiger partial charge is 0.466 e. The van der Waals surface area contributed by atoms with Crippen LogP contribution in [0.2, 0.25) is 0 Å². The summed E-state index contributed by atoms with van der Waals surface area (Å²) in [6, 6.07) is 10.4. The number of anilines is 2. The van der Waals surface area contributed by atoms with Gasteiger partial charge in [0.05, 0.1) is 24.0 Å². The molecule has 2 aromatic rings. The molecule has 2 aliphatic heterocycles. The van der Waals surface area contributed by atoms with E-state index in [1.807, 2.05) is 30.3 Å². The molecule has 28 heavy (non-hydrogen) atoms. The number of carbonyl (C=O) groups is 1. The first-order chi connectivity index (χ1) is 13.3. The highest BCUT2D eigenvalue weighted by atomic mass is 31.2. The van der Waals surface area contributed by atoms with Gasteiger partial charge in [0, 0.05) is 0 Å². The number of phosphoric acid groups is 1. The number of nitrogens with zero attached hydrogens (tertiary/aromatic N) is 4. The lowest BCUT2D eigenvalue weighted by Crippen LogP contribution is -2.50. The van der Waals surface area contributed by atoms with Crippen LogP contribution in [-0.4, -0.2) is 48.5 Å². The third kappa shape index (κ3) is 3.78. The summed E-state index contributed by atoms with van der Waals surface area (Å²) < 4.78 is 8.88. The number of benzene rings is 1. The van der Waals surface area contributed by atoms with E-state index in [0.29, 0.717) is 23.4 Å². The van der Waals surface area contributed by atoms with E-state index in [4.69, 9.17) is 19.2 Å². The van der Waals surface area contributed by atoms with E-state index in [1.165, 1.54) is 6.42 Å². The molecule has 0 spiro atoms. The molecule has 2 atom stereocenters. The van der Waals surface area contributed by atoms with Gasteiger partial charge in [0.1, 0.15) is 5.56 Å². The minimum atomic E-state index is -4.64. The van der Waals surface area contributed by atoms with Gasteiger partial charge in [-0.1, -0.05) is 18.2 Å². The van der Waals surface area contributed by atoms with Gasteiger partial charge in [-0.25, -0.2) is 9.56 Å². The maximum atomic E-state index is 12.3. The summed E-state index contributed by atoms with van der Waals surface area (Å²) in [6.07, 6.45) is 5.08. The Morgan fingerprint density at radius 1 is 1.21 bits per heavy atom. The van der Waals surface area contributed by atoms with E-state index in [1.54, 1.807) is 11.0 Å². The van der Waals surface area contributed by atoms with E-state index in [-0.39, 0.29) is 11.9 Å². The molecule has 3 heterocycles. The Balaban J connectivity index is 0.000000346. The summed E-state index contributed by atoms with van der Waals surface area (Å²) in [6.45, 7) is 0. The van der Waals surface area contributed by atoms with Crippen LogP contribution in [0.15, 0.2) is 41.5 Å². The lowest BCUT2D eigenvalue weighted by atomic mass is 10.1. The summed E-state index contributed by atoms with van der Waals surface area (Å²) in [7, 11) is -4.64. The molecule has 1 aromatic heterocycles. The van der Waals surface area contributed by atoms with E-state index in [0.717, 1.165) is 18.5 Å². The quantitative estimate of drug-likeness (QED) is 0.455. The summed E-state index contributed by atoms with van der Waals surface area (Å²) in [5.74, 6) is 1.21. The molecule has 0 radical (unpaired) electrons. The fraction of sp³-hybridized carbons (Fsp3) is 0.312. The van der Waals surface area contributed by atoms with E-state index < -0.39 is 7.82 Å². The highest BCUT2D eigenvalue weighted by molar-refractivity contribution is 7.45. The van der Waals surface area contributed by atoms with Gasteiger partial charge >= 0.3 is 7.82 Å². The Labute approximate surface area is 159 Å². The van der Waals surface area contributed by atoms with Crippen LogP contribution < -0.4 is 15.6 Å². The maximum Gasteiger partial charge on any atom is 0.466 e. The Morgan fingerprint density at radius 3 is 2.64 bits per heavy atom. The van der Waals surface area contributed by atoms with Crippen LogP contribution in [0.4, 0.5) is 11.5 Å². The molecule has 5 rings (SSSR count). The standard InChI is InChI=1S/C16H16N6O.H3O4P/c23-15-11-9-21(19-10-5-2-1-3-6-10)20-14(11)22-13-8-4-7-12(13)17-16(22)18-15;1-5(2,3)4/h1-3,5-6,9,12-13,19H,4,7-8H2,(H,17,18,23);(H3,1,2,3,4)/i10+2;. The van der Waals surface area contributed by atoms with Gasteiger partial charge in [0.15, 0.2) is 5.82 Å². The lowest BCUT2D eigenvalue weighted by molar-refractivity contribution is 0.0974. The van der Waals surface area contributed by atoms with Crippen LogP contribution in [0.25, 0.3) is 0 Å². The number of nitrogens with one attached hydrogen (secondary N) is 2. The van der Waals surface area contributed by atoms with Crippen LogP contribution in [-0.2, 0) is 4.57 Å². The predicted octanol–water partition coefficient (Wildman–Crippen LogP) is 0.670. The molecule has 1 amide bonds. The molecule has 0 saturated heterocycles. The maximum absolute atomic E-state index is 12.3. The Kier molecular flexibility index (Phi) is 4.68. The van der Waals surface area contributed by atoms with E-state index >= 15 is 0 Å². The van der Waals surface area contributed by atoms with Crippen molar-refractivity contribution in [1.82, 2.24) is 15.2 Å². The predicted molar refractivity (Wildman–Crippen MR) is 101 cm³/mol. The minimum Gasteiger partial charge on any atom is -0.303 e. The van der Waals surface area contributed by atoms with Crippen molar-refractivity contribution in [1.29, 1.82) is 0 Å². The topological polar surface area (TPSA) is 152 Å². The third-order valence-electron chi connectivity index (χ3n) is 4.70. The average molecular weight is 408 g/mol. The summed E-state index contributed by atoms with van der Waals surface area (Å²) in [4.78, 5) is 42.2. The fourth-order valence-corrected chi connectivity index (χ4v) is 3.67. The van der Waals surface area contributed by atoms with E-state index in [2.05, 4.69) is 25.7 Å². The number of aromatic nitrogens is 2. The van der Waals surface area contributed by atoms with Crippen LogP contribution in [0.5, 0.6) is 0 Å². The molecule has 0 bridgehead atoms. The zero-order valence-electron chi connectivity index (χ0n) is 14.6. The van der Waals surface area contributed by atoms with Crippen molar-refractivity contribution < 1.29 is 24.0 Å². The molecule has 1 aliphatic carbocycles. The Hall–Kier alpha value is -2.72. The van der Waals surface area contributed by atoms with Gasteiger partial charge in [-0.3, -0.25) is 20.4 Å². The highest BCUT2D eigenvalue weighted by Crippen LogP contribution is 2.37.